The number of hydrogen-bond donors (Lipinski definition) is 3. The fraction of sp³-hybridized carbons (Fsp3) is 0.333. The lowest BCUT2D eigenvalue weighted by molar-refractivity contribution is 0.162. The number of aromatic nitrogens is 1. The van der Waals surface area contributed by atoms with Gasteiger partial charge in [0.25, 0.3) is 0 Å². The second-order valence-electron chi connectivity index (χ2n) is 4.61. The number of hydrogen-bond acceptors (Lipinski definition) is 7. The number of nitriles is 1. The zero-order chi connectivity index (χ0) is 14.5. The van der Waals surface area contributed by atoms with Crippen LogP contribution in [-0.4, -0.2) is 35.9 Å². The highest BCUT2D eigenvalue weighted by Crippen LogP contribution is 2.42. The van der Waals surface area contributed by atoms with Crippen molar-refractivity contribution >= 4 is 9.84 Å². The fourth-order valence-corrected chi connectivity index (χ4v) is 4.09. The van der Waals surface area contributed by atoms with Gasteiger partial charge in [-0.05, 0) is 6.07 Å². The molecule has 2 unspecified atom stereocenters. The first-order chi connectivity index (χ1) is 9.45. The lowest BCUT2D eigenvalue weighted by Gasteiger charge is -2.33. The van der Waals surface area contributed by atoms with Crippen LogP contribution in [-0.2, 0) is 9.84 Å². The van der Waals surface area contributed by atoms with Gasteiger partial charge in [-0.1, -0.05) is 6.07 Å². The molecule has 0 saturated heterocycles. The molecule has 8 heteroatoms. The van der Waals surface area contributed by atoms with Crippen molar-refractivity contribution in [3.8, 4) is 6.07 Å². The van der Waals surface area contributed by atoms with E-state index in [2.05, 4.69) is 10.3 Å². The maximum atomic E-state index is 12.1. The summed E-state index contributed by atoms with van der Waals surface area (Å²) in [4.78, 5) is 3.76. The highest BCUT2D eigenvalue weighted by atomic mass is 32.2. The average Bonchev–Trinajstić information content (AvgIpc) is 2.43. The standard InChI is InChI=1S/C12H11N3O4S/c13-5-6-1-2-7-8(15-6)11(17)9-12(10(7)16)20(18,19)4-3-14-9/h1-2,10-11,14,16-17H,3-4H2. The zero-order valence-electron chi connectivity index (χ0n) is 10.2. The second-order valence-corrected chi connectivity index (χ2v) is 6.69. The summed E-state index contributed by atoms with van der Waals surface area (Å²) in [7, 11) is -3.61. The molecule has 7 nitrogen and oxygen atoms in total. The largest absolute Gasteiger partial charge is 0.384 e. The number of aliphatic hydroxyl groups excluding tert-OH is 2. The molecule has 1 aliphatic carbocycles. The van der Waals surface area contributed by atoms with Crippen molar-refractivity contribution in [1.29, 1.82) is 5.26 Å². The van der Waals surface area contributed by atoms with Gasteiger partial charge in [-0.3, -0.25) is 0 Å². The fourth-order valence-electron chi connectivity index (χ4n) is 2.51. The van der Waals surface area contributed by atoms with Gasteiger partial charge in [0.2, 0.25) is 0 Å². The van der Waals surface area contributed by atoms with Crippen molar-refractivity contribution in [2.45, 2.75) is 12.2 Å². The van der Waals surface area contributed by atoms with Gasteiger partial charge in [0.15, 0.2) is 9.84 Å². The third kappa shape index (κ3) is 1.71. The molecular formula is C12H11N3O4S. The van der Waals surface area contributed by atoms with Crippen molar-refractivity contribution in [1.82, 2.24) is 10.3 Å². The Morgan fingerprint density at radius 2 is 2.10 bits per heavy atom. The van der Waals surface area contributed by atoms with Gasteiger partial charge in [0, 0.05) is 12.1 Å². The van der Waals surface area contributed by atoms with Crippen LogP contribution in [0.5, 0.6) is 0 Å². The molecule has 2 aliphatic rings. The molecule has 20 heavy (non-hydrogen) atoms. The summed E-state index contributed by atoms with van der Waals surface area (Å²) in [6.45, 7) is 0.165. The molecule has 0 bridgehead atoms. The van der Waals surface area contributed by atoms with Crippen LogP contribution in [0.1, 0.15) is 29.2 Å². The van der Waals surface area contributed by atoms with Gasteiger partial charge in [-0.2, -0.15) is 5.26 Å². The maximum absolute atomic E-state index is 12.1. The molecule has 3 rings (SSSR count). The molecule has 0 aromatic carbocycles. The molecule has 0 spiro atoms. The first-order valence-electron chi connectivity index (χ1n) is 5.93. The summed E-state index contributed by atoms with van der Waals surface area (Å²) in [5, 5.41) is 32.2. The van der Waals surface area contributed by atoms with Crippen molar-refractivity contribution in [3.63, 3.8) is 0 Å². The predicted octanol–water partition coefficient (Wildman–Crippen LogP) is -0.737. The van der Waals surface area contributed by atoms with Crippen molar-refractivity contribution in [2.24, 2.45) is 0 Å². The Hall–Kier alpha value is -1.95. The van der Waals surface area contributed by atoms with E-state index < -0.39 is 22.0 Å². The summed E-state index contributed by atoms with van der Waals surface area (Å²) in [5.74, 6) is -0.130. The summed E-state index contributed by atoms with van der Waals surface area (Å²) in [6, 6.07) is 4.64. The first-order valence-corrected chi connectivity index (χ1v) is 7.58. The molecule has 0 amide bonds. The van der Waals surface area contributed by atoms with E-state index in [4.69, 9.17) is 5.26 Å². The van der Waals surface area contributed by atoms with Gasteiger partial charge in [-0.15, -0.1) is 0 Å². The molecule has 3 N–H and O–H groups in total. The van der Waals surface area contributed by atoms with E-state index in [9.17, 15) is 18.6 Å². The molecule has 104 valence electrons. The summed E-state index contributed by atoms with van der Waals surface area (Å²) < 4.78 is 24.1. The minimum Gasteiger partial charge on any atom is -0.384 e. The quantitative estimate of drug-likeness (QED) is 0.575. The Morgan fingerprint density at radius 3 is 2.80 bits per heavy atom. The van der Waals surface area contributed by atoms with Gasteiger partial charge in [0.05, 0.1) is 22.0 Å². The topological polar surface area (TPSA) is 123 Å². The predicted molar refractivity (Wildman–Crippen MR) is 67.7 cm³/mol. The Balaban J connectivity index is 2.25. The maximum Gasteiger partial charge on any atom is 0.181 e. The molecule has 2 atom stereocenters. The third-order valence-corrected chi connectivity index (χ3v) is 5.29. The monoisotopic (exact) mass is 293 g/mol. The summed E-state index contributed by atoms with van der Waals surface area (Å²) in [6.07, 6.45) is -2.66. The van der Waals surface area contributed by atoms with Gasteiger partial charge in [-0.25, -0.2) is 13.4 Å². The van der Waals surface area contributed by atoms with Crippen LogP contribution in [0.3, 0.4) is 0 Å². The normalized spacial score (nSPS) is 27.1. The van der Waals surface area contributed by atoms with Crippen LogP contribution in [0.2, 0.25) is 0 Å². The number of sulfone groups is 1. The Labute approximate surface area is 115 Å². The van der Waals surface area contributed by atoms with Gasteiger partial charge in [0.1, 0.15) is 24.0 Å². The lowest BCUT2D eigenvalue weighted by Crippen LogP contribution is -2.39. The van der Waals surface area contributed by atoms with E-state index in [0.717, 1.165) is 0 Å². The minimum atomic E-state index is -3.61. The van der Waals surface area contributed by atoms with Gasteiger partial charge >= 0.3 is 0 Å². The number of rotatable bonds is 0. The number of nitrogens with one attached hydrogen (secondary N) is 1. The van der Waals surface area contributed by atoms with Gasteiger partial charge < -0.3 is 15.5 Å². The number of aliphatic hydroxyl groups is 2. The molecular weight excluding hydrogens is 282 g/mol. The SMILES string of the molecule is N#Cc1ccc2c(n1)C(O)C1=C(C2O)S(=O)(=O)CCN1. The van der Waals surface area contributed by atoms with Crippen molar-refractivity contribution in [2.75, 3.05) is 12.3 Å². The highest BCUT2D eigenvalue weighted by molar-refractivity contribution is 7.95. The molecule has 0 saturated carbocycles. The Kier molecular flexibility index (Phi) is 2.79. The summed E-state index contributed by atoms with van der Waals surface area (Å²) in [5.41, 5.74) is 0.471. The van der Waals surface area contributed by atoms with E-state index >= 15 is 0 Å². The molecule has 1 aromatic rings. The molecule has 2 heterocycles. The van der Waals surface area contributed by atoms with E-state index in [1.54, 1.807) is 0 Å². The third-order valence-electron chi connectivity index (χ3n) is 3.43. The Morgan fingerprint density at radius 1 is 1.35 bits per heavy atom. The molecule has 0 radical (unpaired) electrons. The Bertz CT molecular complexity index is 763. The lowest BCUT2D eigenvalue weighted by atomic mass is 9.94. The molecule has 1 aromatic heterocycles. The number of pyridine rings is 1. The highest BCUT2D eigenvalue weighted by Gasteiger charge is 2.41. The smallest absolute Gasteiger partial charge is 0.181 e. The van der Waals surface area contributed by atoms with Crippen molar-refractivity contribution < 1.29 is 18.6 Å². The van der Waals surface area contributed by atoms with E-state index in [0.29, 0.717) is 0 Å². The van der Waals surface area contributed by atoms with E-state index in [1.807, 2.05) is 6.07 Å². The molecule has 1 aliphatic heterocycles. The van der Waals surface area contributed by atoms with Crippen LogP contribution in [0.4, 0.5) is 0 Å². The average molecular weight is 293 g/mol. The van der Waals surface area contributed by atoms with Crippen LogP contribution in [0.15, 0.2) is 22.7 Å². The van der Waals surface area contributed by atoms with Crippen LogP contribution >= 0.6 is 0 Å². The number of fused-ring (bicyclic) bond motifs is 1. The minimum absolute atomic E-state index is 0.0545. The summed E-state index contributed by atoms with van der Waals surface area (Å²) >= 11 is 0. The zero-order valence-corrected chi connectivity index (χ0v) is 11.1. The van der Waals surface area contributed by atoms with Crippen LogP contribution < -0.4 is 5.32 Å². The first kappa shape index (κ1) is 13.1. The van der Waals surface area contributed by atoms with E-state index in [-0.39, 0.29) is 39.9 Å². The number of nitrogens with zero attached hydrogens (tertiary/aromatic N) is 2. The second kappa shape index (κ2) is 4.28. The van der Waals surface area contributed by atoms with Crippen LogP contribution in [0.25, 0.3) is 0 Å². The van der Waals surface area contributed by atoms with E-state index in [1.165, 1.54) is 12.1 Å². The van der Waals surface area contributed by atoms with Crippen LogP contribution in [0, 0.1) is 11.3 Å². The van der Waals surface area contributed by atoms with Crippen molar-refractivity contribution in [3.05, 3.63) is 39.7 Å². The molecule has 0 fully saturated rings.